The third kappa shape index (κ3) is 6.29. The molecule has 0 aromatic heterocycles. The van der Waals surface area contributed by atoms with E-state index in [1.54, 1.807) is 0 Å². The SMILES string of the molecule is Cc1cc(CCOC(F)(F)C(F)(F)C(C)(F)F)c(C)cc1CCOC(F)(F)C(F)(F)C(C)(F)F. The Kier molecular flexibility index (Phi) is 8.69. The lowest BCUT2D eigenvalue weighted by Gasteiger charge is -2.30. The second-order valence-corrected chi connectivity index (χ2v) is 7.86. The van der Waals surface area contributed by atoms with Gasteiger partial charge in [-0.3, -0.25) is 0 Å². The van der Waals surface area contributed by atoms with Gasteiger partial charge in [0.15, 0.2) is 0 Å². The van der Waals surface area contributed by atoms with Crippen molar-refractivity contribution in [1.29, 1.82) is 0 Å². The Bertz CT molecular complexity index is 771. The summed E-state index contributed by atoms with van der Waals surface area (Å²) in [6.45, 7) is -0.100. The summed E-state index contributed by atoms with van der Waals surface area (Å²) in [5, 5.41) is 0. The first kappa shape index (κ1) is 30.3. The van der Waals surface area contributed by atoms with Crippen molar-refractivity contribution in [3.63, 3.8) is 0 Å². The third-order valence-corrected chi connectivity index (χ3v) is 4.94. The highest BCUT2D eigenvalue weighted by molar-refractivity contribution is 5.37. The molecule has 0 spiro atoms. The van der Waals surface area contributed by atoms with Crippen LogP contribution < -0.4 is 0 Å². The molecule has 198 valence electrons. The molecular weight excluding hydrogens is 500 g/mol. The lowest BCUT2D eigenvalue weighted by molar-refractivity contribution is -0.394. The van der Waals surface area contributed by atoms with Crippen LogP contribution in [-0.2, 0) is 22.3 Å². The van der Waals surface area contributed by atoms with E-state index >= 15 is 0 Å². The topological polar surface area (TPSA) is 18.5 Å². The fourth-order valence-electron chi connectivity index (χ4n) is 2.75. The standard InChI is InChI=1S/C20H22F12O2/c1-11-9-14(6-8-34-20(31,32)18(27,28)16(4,23)24)12(2)10-13(11)5-7-33-19(29,30)17(25,26)15(3,21)22/h9-10H,5-8H2,1-4H3. The summed E-state index contributed by atoms with van der Waals surface area (Å²) in [4.78, 5) is 0. The molecule has 1 aromatic rings. The van der Waals surface area contributed by atoms with E-state index in [1.165, 1.54) is 26.0 Å². The van der Waals surface area contributed by atoms with Crippen molar-refractivity contribution in [3.05, 3.63) is 34.4 Å². The summed E-state index contributed by atoms with van der Waals surface area (Å²) in [5.74, 6) is -21.6. The van der Waals surface area contributed by atoms with Gasteiger partial charge in [0.2, 0.25) is 0 Å². The van der Waals surface area contributed by atoms with Crippen LogP contribution in [0, 0.1) is 13.8 Å². The number of rotatable bonds is 12. The molecule has 0 saturated heterocycles. The molecule has 1 rings (SSSR count). The van der Waals surface area contributed by atoms with Gasteiger partial charge < -0.3 is 9.47 Å². The molecular formula is C20H22F12O2. The minimum absolute atomic E-state index is 0.257. The van der Waals surface area contributed by atoms with E-state index in [0.717, 1.165) is 0 Å². The van der Waals surface area contributed by atoms with Crippen LogP contribution in [0.5, 0.6) is 0 Å². The first-order valence-electron chi connectivity index (χ1n) is 9.62. The maximum atomic E-state index is 13.4. The summed E-state index contributed by atoms with van der Waals surface area (Å²) >= 11 is 0. The molecule has 2 nitrogen and oxygen atoms in total. The van der Waals surface area contributed by atoms with E-state index in [-0.39, 0.29) is 25.0 Å². The first-order chi connectivity index (χ1) is 15.0. The Hall–Kier alpha value is -1.70. The van der Waals surface area contributed by atoms with Crippen molar-refractivity contribution in [2.45, 2.75) is 76.4 Å². The molecule has 34 heavy (non-hydrogen) atoms. The minimum atomic E-state index is -5.77. The van der Waals surface area contributed by atoms with Gasteiger partial charge in [0, 0.05) is 13.8 Å². The molecule has 0 fully saturated rings. The Morgan fingerprint density at radius 2 is 0.824 bits per heavy atom. The Labute approximate surface area is 187 Å². The van der Waals surface area contributed by atoms with Crippen molar-refractivity contribution < 1.29 is 62.2 Å². The highest BCUT2D eigenvalue weighted by Crippen LogP contribution is 2.47. The van der Waals surface area contributed by atoms with E-state index in [9.17, 15) is 52.7 Å². The zero-order valence-corrected chi connectivity index (χ0v) is 18.3. The molecule has 0 aliphatic carbocycles. The van der Waals surface area contributed by atoms with Gasteiger partial charge in [-0.15, -0.1) is 0 Å². The van der Waals surface area contributed by atoms with Gasteiger partial charge in [-0.2, -0.15) is 52.7 Å². The van der Waals surface area contributed by atoms with Gasteiger partial charge in [0.1, 0.15) is 0 Å². The number of ether oxygens (including phenoxy) is 2. The van der Waals surface area contributed by atoms with Crippen LogP contribution in [0.2, 0.25) is 0 Å². The summed E-state index contributed by atoms with van der Waals surface area (Å²) in [5.41, 5.74) is 1.15. The van der Waals surface area contributed by atoms with Gasteiger partial charge in [-0.05, 0) is 48.9 Å². The van der Waals surface area contributed by atoms with Gasteiger partial charge in [-0.1, -0.05) is 12.1 Å². The van der Waals surface area contributed by atoms with Crippen LogP contribution in [0.1, 0.15) is 36.1 Å². The Morgan fingerprint density at radius 3 is 1.06 bits per heavy atom. The van der Waals surface area contributed by atoms with Crippen molar-refractivity contribution in [1.82, 2.24) is 0 Å². The summed E-state index contributed by atoms with van der Waals surface area (Å²) in [6, 6.07) is 2.65. The van der Waals surface area contributed by atoms with E-state index in [4.69, 9.17) is 0 Å². The largest absolute Gasteiger partial charge is 0.425 e. The number of hydrogen-bond acceptors (Lipinski definition) is 2. The minimum Gasteiger partial charge on any atom is -0.315 e. The maximum absolute atomic E-state index is 13.4. The fraction of sp³-hybridized carbons (Fsp3) is 0.700. The van der Waals surface area contributed by atoms with Crippen LogP contribution in [-0.4, -0.2) is 49.1 Å². The lowest BCUT2D eigenvalue weighted by atomic mass is 9.96. The zero-order valence-electron chi connectivity index (χ0n) is 18.3. The predicted molar refractivity (Wildman–Crippen MR) is 96.3 cm³/mol. The molecule has 0 saturated carbocycles. The quantitative estimate of drug-likeness (QED) is 0.271. The summed E-state index contributed by atoms with van der Waals surface area (Å²) in [7, 11) is 0. The molecule has 0 atom stereocenters. The molecule has 1 aromatic carbocycles. The van der Waals surface area contributed by atoms with Crippen LogP contribution in [0.15, 0.2) is 12.1 Å². The molecule has 0 amide bonds. The molecule has 0 aliphatic rings. The van der Waals surface area contributed by atoms with Crippen molar-refractivity contribution >= 4 is 0 Å². The van der Waals surface area contributed by atoms with Crippen molar-refractivity contribution in [3.8, 4) is 0 Å². The average Bonchev–Trinajstić information content (AvgIpc) is 2.62. The number of benzene rings is 1. The van der Waals surface area contributed by atoms with Gasteiger partial charge >= 0.3 is 35.9 Å². The second-order valence-electron chi connectivity index (χ2n) is 7.86. The van der Waals surface area contributed by atoms with Crippen molar-refractivity contribution in [2.75, 3.05) is 13.2 Å². The fourth-order valence-corrected chi connectivity index (χ4v) is 2.75. The van der Waals surface area contributed by atoms with Crippen LogP contribution in [0.4, 0.5) is 52.7 Å². The van der Waals surface area contributed by atoms with Gasteiger partial charge in [-0.25, -0.2) is 0 Å². The predicted octanol–water partition coefficient (Wildman–Crippen LogP) is 7.19. The number of halogens is 12. The molecule has 0 radical (unpaired) electrons. The van der Waals surface area contributed by atoms with Crippen LogP contribution >= 0.6 is 0 Å². The monoisotopic (exact) mass is 522 g/mol. The van der Waals surface area contributed by atoms with E-state index in [0.29, 0.717) is 11.1 Å². The highest BCUT2D eigenvalue weighted by Gasteiger charge is 2.71. The van der Waals surface area contributed by atoms with Gasteiger partial charge in [0.25, 0.3) is 0 Å². The molecule has 0 heterocycles. The molecule has 0 N–H and O–H groups in total. The molecule has 0 unspecified atom stereocenters. The van der Waals surface area contributed by atoms with E-state index < -0.39 is 62.0 Å². The Morgan fingerprint density at radius 1 is 0.559 bits per heavy atom. The van der Waals surface area contributed by atoms with E-state index in [2.05, 4.69) is 9.47 Å². The summed E-state index contributed by atoms with van der Waals surface area (Å²) < 4.78 is 165. The first-order valence-corrected chi connectivity index (χ1v) is 9.62. The third-order valence-electron chi connectivity index (χ3n) is 4.94. The Balaban J connectivity index is 2.82. The summed E-state index contributed by atoms with van der Waals surface area (Å²) in [6.07, 6.45) is -11.8. The highest BCUT2D eigenvalue weighted by atomic mass is 19.4. The zero-order chi connectivity index (χ0) is 27.0. The smallest absolute Gasteiger partial charge is 0.315 e. The van der Waals surface area contributed by atoms with Gasteiger partial charge in [0.05, 0.1) is 13.2 Å². The van der Waals surface area contributed by atoms with Crippen LogP contribution in [0.25, 0.3) is 0 Å². The lowest BCUT2D eigenvalue weighted by Crippen LogP contribution is -2.54. The van der Waals surface area contributed by atoms with Crippen LogP contribution in [0.3, 0.4) is 0 Å². The second kappa shape index (κ2) is 9.75. The molecule has 0 aliphatic heterocycles. The molecule has 0 bridgehead atoms. The maximum Gasteiger partial charge on any atom is 0.425 e. The number of hydrogen-bond donors (Lipinski definition) is 0. The average molecular weight is 522 g/mol. The van der Waals surface area contributed by atoms with E-state index in [1.807, 2.05) is 0 Å². The van der Waals surface area contributed by atoms with Crippen molar-refractivity contribution in [2.24, 2.45) is 0 Å². The normalized spacial score (nSPS) is 14.6. The molecule has 14 heteroatoms. The number of alkyl halides is 12. The number of aryl methyl sites for hydroxylation is 2.